The van der Waals surface area contributed by atoms with Crippen LogP contribution in [0.5, 0.6) is 0 Å². The third-order valence-electron chi connectivity index (χ3n) is 5.52. The predicted molar refractivity (Wildman–Crippen MR) is 94.5 cm³/mol. The minimum Gasteiger partial charge on any atom is -0.468 e. The first-order chi connectivity index (χ1) is 12.6. The van der Waals surface area contributed by atoms with E-state index in [1.165, 1.54) is 0 Å². The minimum absolute atomic E-state index is 0.0983. The number of carbonyl (C=O) groups is 2. The Balaban J connectivity index is 1.48. The number of imidazole rings is 1. The lowest BCUT2D eigenvalue weighted by Gasteiger charge is -2.38. The van der Waals surface area contributed by atoms with Crippen LogP contribution in [0.3, 0.4) is 0 Å². The van der Waals surface area contributed by atoms with Crippen molar-refractivity contribution in [1.82, 2.24) is 19.8 Å². The summed E-state index contributed by atoms with van der Waals surface area (Å²) >= 11 is 0. The van der Waals surface area contributed by atoms with Crippen LogP contribution in [0.4, 0.5) is 0 Å². The molecule has 2 aliphatic rings. The number of aryl methyl sites for hydroxylation is 1. The second-order valence-electron chi connectivity index (χ2n) is 7.33. The molecule has 2 amide bonds. The summed E-state index contributed by atoms with van der Waals surface area (Å²) in [5, 5.41) is 3.05. The molecule has 7 nitrogen and oxygen atoms in total. The van der Waals surface area contributed by atoms with Crippen molar-refractivity contribution in [3.8, 4) is 0 Å². The second-order valence-corrected chi connectivity index (χ2v) is 7.33. The molecule has 1 aliphatic heterocycles. The Labute approximate surface area is 152 Å². The van der Waals surface area contributed by atoms with Gasteiger partial charge < -0.3 is 19.2 Å². The number of amides is 2. The molecule has 2 aromatic heterocycles. The zero-order chi connectivity index (χ0) is 18.3. The molecule has 7 heteroatoms. The van der Waals surface area contributed by atoms with Gasteiger partial charge in [0.15, 0.2) is 0 Å². The molecular formula is C19H24N4O3. The van der Waals surface area contributed by atoms with Gasteiger partial charge in [-0.3, -0.25) is 9.59 Å². The van der Waals surface area contributed by atoms with Gasteiger partial charge in [0.1, 0.15) is 11.6 Å². The van der Waals surface area contributed by atoms with E-state index >= 15 is 0 Å². The summed E-state index contributed by atoms with van der Waals surface area (Å²) in [7, 11) is 3.75. The lowest BCUT2D eigenvalue weighted by Crippen LogP contribution is -2.45. The number of aromatic nitrogens is 2. The average Bonchev–Trinajstić information content (AvgIpc) is 3.20. The van der Waals surface area contributed by atoms with Crippen LogP contribution in [0.15, 0.2) is 29.1 Å². The van der Waals surface area contributed by atoms with Gasteiger partial charge in [-0.2, -0.15) is 0 Å². The van der Waals surface area contributed by atoms with E-state index in [0.29, 0.717) is 24.4 Å². The number of furan rings is 1. The monoisotopic (exact) mass is 356 g/mol. The van der Waals surface area contributed by atoms with Gasteiger partial charge in [-0.15, -0.1) is 0 Å². The highest BCUT2D eigenvalue weighted by atomic mass is 16.3. The number of rotatable bonds is 5. The van der Waals surface area contributed by atoms with Crippen molar-refractivity contribution < 1.29 is 14.0 Å². The Morgan fingerprint density at radius 2 is 2.15 bits per heavy atom. The summed E-state index contributed by atoms with van der Waals surface area (Å²) in [5.74, 6) is 2.19. The van der Waals surface area contributed by atoms with Crippen molar-refractivity contribution >= 4 is 11.8 Å². The van der Waals surface area contributed by atoms with Gasteiger partial charge in [-0.05, 0) is 25.3 Å². The van der Waals surface area contributed by atoms with Crippen molar-refractivity contribution in [2.75, 3.05) is 13.6 Å². The van der Waals surface area contributed by atoms with Crippen LogP contribution in [0.1, 0.15) is 59.6 Å². The smallest absolute Gasteiger partial charge is 0.254 e. The number of nitrogens with one attached hydrogen (secondary N) is 1. The molecule has 26 heavy (non-hydrogen) atoms. The predicted octanol–water partition coefficient (Wildman–Crippen LogP) is 2.23. The molecule has 2 fully saturated rings. The summed E-state index contributed by atoms with van der Waals surface area (Å²) in [6.45, 7) is 0.503. The molecule has 2 atom stereocenters. The number of likely N-dealkylation sites (tertiary alicyclic amines) is 1. The number of nitrogens with zero attached hydrogens (tertiary/aromatic N) is 3. The van der Waals surface area contributed by atoms with Crippen LogP contribution in [0.25, 0.3) is 0 Å². The first kappa shape index (κ1) is 16.9. The highest BCUT2D eigenvalue weighted by Crippen LogP contribution is 2.42. The molecule has 0 aromatic carbocycles. The van der Waals surface area contributed by atoms with Gasteiger partial charge >= 0.3 is 0 Å². The zero-order valence-corrected chi connectivity index (χ0v) is 15.1. The Bertz CT molecular complexity index is 820. The van der Waals surface area contributed by atoms with Crippen molar-refractivity contribution in [3.05, 3.63) is 41.9 Å². The molecule has 138 valence electrons. The van der Waals surface area contributed by atoms with Gasteiger partial charge in [0.25, 0.3) is 5.91 Å². The number of hydrogen-bond donors (Lipinski definition) is 1. The summed E-state index contributed by atoms with van der Waals surface area (Å²) in [6.07, 6.45) is 8.62. The molecule has 0 bridgehead atoms. The molecule has 1 N–H and O–H groups in total. The molecule has 0 spiro atoms. The lowest BCUT2D eigenvalue weighted by atomic mass is 9.88. The van der Waals surface area contributed by atoms with Crippen LogP contribution in [-0.4, -0.2) is 39.9 Å². The van der Waals surface area contributed by atoms with Crippen molar-refractivity contribution in [1.29, 1.82) is 0 Å². The van der Waals surface area contributed by atoms with E-state index in [0.717, 1.165) is 30.8 Å². The molecule has 0 radical (unpaired) electrons. The molecular weight excluding hydrogens is 332 g/mol. The van der Waals surface area contributed by atoms with E-state index in [-0.39, 0.29) is 23.8 Å². The van der Waals surface area contributed by atoms with E-state index in [1.807, 2.05) is 24.9 Å². The summed E-state index contributed by atoms with van der Waals surface area (Å²) in [5.41, 5.74) is 0.640. The summed E-state index contributed by atoms with van der Waals surface area (Å²) in [6, 6.07) is 1.61. The van der Waals surface area contributed by atoms with Crippen LogP contribution >= 0.6 is 0 Å². The molecule has 3 heterocycles. The summed E-state index contributed by atoms with van der Waals surface area (Å²) in [4.78, 5) is 31.0. The SMILES string of the molecule is CN1C(=O)CC[C@H](CNC(=O)c2ccoc2C2CC2)[C@H]1c1nccn1C. The van der Waals surface area contributed by atoms with E-state index in [9.17, 15) is 9.59 Å². The molecule has 4 rings (SSSR count). The first-order valence-electron chi connectivity index (χ1n) is 9.14. The maximum atomic E-state index is 12.6. The lowest BCUT2D eigenvalue weighted by molar-refractivity contribution is -0.137. The molecule has 1 aliphatic carbocycles. The number of piperidine rings is 1. The Morgan fingerprint density at radius 1 is 1.35 bits per heavy atom. The standard InChI is InChI=1S/C19H24N4O3/c1-22-9-8-20-18(22)16-13(5-6-15(24)23(16)2)11-21-19(25)14-7-10-26-17(14)12-3-4-12/h7-10,12-13,16H,3-6,11H2,1-2H3,(H,21,25)/t13-,16+/m1/s1. The van der Waals surface area contributed by atoms with Gasteiger partial charge in [0.2, 0.25) is 5.91 Å². The van der Waals surface area contributed by atoms with Crippen molar-refractivity contribution in [2.45, 2.75) is 37.6 Å². The van der Waals surface area contributed by atoms with Gasteiger partial charge in [-0.25, -0.2) is 4.98 Å². The molecule has 1 saturated carbocycles. The van der Waals surface area contributed by atoms with Crippen molar-refractivity contribution in [2.24, 2.45) is 13.0 Å². The quantitative estimate of drug-likeness (QED) is 0.891. The molecule has 0 unspecified atom stereocenters. The highest BCUT2D eigenvalue weighted by Gasteiger charge is 2.37. The zero-order valence-electron chi connectivity index (χ0n) is 15.1. The van der Waals surface area contributed by atoms with E-state index in [4.69, 9.17) is 4.42 Å². The van der Waals surface area contributed by atoms with Gasteiger partial charge in [-0.1, -0.05) is 0 Å². The Kier molecular flexibility index (Phi) is 4.30. The second kappa shape index (κ2) is 6.63. The topological polar surface area (TPSA) is 80.4 Å². The van der Waals surface area contributed by atoms with Crippen LogP contribution in [0.2, 0.25) is 0 Å². The van der Waals surface area contributed by atoms with E-state index in [2.05, 4.69) is 10.3 Å². The fourth-order valence-corrected chi connectivity index (χ4v) is 3.86. The van der Waals surface area contributed by atoms with Crippen LogP contribution in [-0.2, 0) is 11.8 Å². The van der Waals surface area contributed by atoms with E-state index in [1.54, 1.807) is 23.4 Å². The normalized spacial score (nSPS) is 23.3. The van der Waals surface area contributed by atoms with Crippen molar-refractivity contribution in [3.63, 3.8) is 0 Å². The fourth-order valence-electron chi connectivity index (χ4n) is 3.86. The third-order valence-corrected chi connectivity index (χ3v) is 5.52. The molecule has 2 aromatic rings. The Hall–Kier alpha value is -2.57. The fraction of sp³-hybridized carbons (Fsp3) is 0.526. The Morgan fingerprint density at radius 3 is 2.85 bits per heavy atom. The number of hydrogen-bond acceptors (Lipinski definition) is 4. The van der Waals surface area contributed by atoms with E-state index < -0.39 is 0 Å². The maximum absolute atomic E-state index is 12.6. The maximum Gasteiger partial charge on any atom is 0.254 e. The minimum atomic E-state index is -0.135. The van der Waals surface area contributed by atoms with Gasteiger partial charge in [0.05, 0.1) is 17.9 Å². The first-order valence-corrected chi connectivity index (χ1v) is 9.14. The highest BCUT2D eigenvalue weighted by molar-refractivity contribution is 5.95. The molecule has 1 saturated heterocycles. The largest absolute Gasteiger partial charge is 0.468 e. The third kappa shape index (κ3) is 3.02. The number of carbonyl (C=O) groups excluding carboxylic acids is 2. The van der Waals surface area contributed by atoms with Crippen LogP contribution < -0.4 is 5.32 Å². The summed E-state index contributed by atoms with van der Waals surface area (Å²) < 4.78 is 7.44. The van der Waals surface area contributed by atoms with Crippen LogP contribution in [0, 0.1) is 5.92 Å². The average molecular weight is 356 g/mol. The van der Waals surface area contributed by atoms with Gasteiger partial charge in [0, 0.05) is 51.3 Å².